The van der Waals surface area contributed by atoms with Crippen LogP contribution in [-0.4, -0.2) is 49.4 Å². The topological polar surface area (TPSA) is 43.9 Å². The quantitative estimate of drug-likeness (QED) is 0.560. The Labute approximate surface area is 199 Å². The van der Waals surface area contributed by atoms with E-state index >= 15 is 0 Å². The van der Waals surface area contributed by atoms with Gasteiger partial charge in [0.25, 0.3) is 5.91 Å². The minimum Gasteiger partial charge on any atom is -0.368 e. The molecule has 0 aromatic heterocycles. The number of hydrogen-bond donors (Lipinski definition) is 0. The molecule has 2 aliphatic rings. The summed E-state index contributed by atoms with van der Waals surface area (Å²) in [7, 11) is 0. The molecule has 6 heteroatoms. The zero-order valence-electron chi connectivity index (χ0n) is 18.6. The summed E-state index contributed by atoms with van der Waals surface area (Å²) in [6, 6.07) is 21.9. The van der Waals surface area contributed by atoms with Gasteiger partial charge in [-0.15, -0.1) is 0 Å². The average molecular weight is 460 g/mol. The van der Waals surface area contributed by atoms with E-state index < -0.39 is 0 Å². The smallest absolute Gasteiger partial charge is 0.253 e. The Bertz CT molecular complexity index is 1180. The predicted molar refractivity (Wildman–Crippen MR) is 133 cm³/mol. The molecule has 0 spiro atoms. The van der Waals surface area contributed by atoms with Crippen molar-refractivity contribution in [3.05, 3.63) is 82.9 Å². The van der Waals surface area contributed by atoms with Gasteiger partial charge in [-0.2, -0.15) is 0 Å². The first-order valence-corrected chi connectivity index (χ1v) is 11.7. The summed E-state index contributed by atoms with van der Waals surface area (Å²) in [5.74, 6) is 0.154. The minimum atomic E-state index is 0.0726. The van der Waals surface area contributed by atoms with Gasteiger partial charge in [-0.1, -0.05) is 29.8 Å². The first kappa shape index (κ1) is 21.5. The predicted octanol–water partition coefficient (Wildman–Crippen LogP) is 4.88. The van der Waals surface area contributed by atoms with E-state index in [9.17, 15) is 9.59 Å². The average Bonchev–Trinajstić information content (AvgIpc) is 3.28. The molecule has 0 aliphatic carbocycles. The molecule has 5 rings (SSSR count). The van der Waals surface area contributed by atoms with Gasteiger partial charge in [0.15, 0.2) is 0 Å². The van der Waals surface area contributed by atoms with Crippen molar-refractivity contribution in [1.82, 2.24) is 4.90 Å². The van der Waals surface area contributed by atoms with E-state index in [1.165, 1.54) is 5.56 Å². The van der Waals surface area contributed by atoms with Crippen molar-refractivity contribution in [1.29, 1.82) is 0 Å². The molecule has 3 aromatic carbocycles. The molecule has 0 atom stereocenters. The molecule has 2 amide bonds. The number of piperazine rings is 1. The highest BCUT2D eigenvalue weighted by Crippen LogP contribution is 2.32. The molecule has 168 valence electrons. The van der Waals surface area contributed by atoms with Crippen LogP contribution < -0.4 is 9.80 Å². The van der Waals surface area contributed by atoms with Gasteiger partial charge in [0.05, 0.1) is 0 Å². The molecular formula is C27H26ClN3O2. The summed E-state index contributed by atoms with van der Waals surface area (Å²) < 4.78 is 0. The number of anilines is 2. The second-order valence-corrected chi connectivity index (χ2v) is 9.03. The number of rotatable bonds is 3. The summed E-state index contributed by atoms with van der Waals surface area (Å²) in [6.45, 7) is 5.35. The summed E-state index contributed by atoms with van der Waals surface area (Å²) in [6.07, 6.45) is 0.876. The van der Waals surface area contributed by atoms with Crippen molar-refractivity contribution < 1.29 is 9.59 Å². The maximum absolute atomic E-state index is 13.0. The fourth-order valence-electron chi connectivity index (χ4n) is 4.72. The third kappa shape index (κ3) is 4.33. The Kier molecular flexibility index (Phi) is 5.81. The monoisotopic (exact) mass is 459 g/mol. The lowest BCUT2D eigenvalue weighted by molar-refractivity contribution is -0.116. The molecular weight excluding hydrogens is 434 g/mol. The zero-order chi connectivity index (χ0) is 22.9. The van der Waals surface area contributed by atoms with E-state index in [2.05, 4.69) is 11.0 Å². The van der Waals surface area contributed by atoms with Crippen LogP contribution in [0.2, 0.25) is 5.02 Å². The number of halogens is 1. The van der Waals surface area contributed by atoms with Crippen LogP contribution in [0.4, 0.5) is 11.4 Å². The van der Waals surface area contributed by atoms with Crippen LogP contribution in [0.5, 0.6) is 0 Å². The van der Waals surface area contributed by atoms with Crippen molar-refractivity contribution >= 4 is 34.8 Å². The standard InChI is InChI=1S/C27H26ClN3O2/c1-19(32)31-13-12-23-18-22(6-11-26(23)31)20-2-4-21(5-3-20)27(33)30-16-14-29(15-17-30)25-9-7-24(28)8-10-25/h2-11,18H,12-17H2,1H3. The van der Waals surface area contributed by atoms with Crippen LogP contribution in [-0.2, 0) is 11.2 Å². The van der Waals surface area contributed by atoms with Gasteiger partial charge in [-0.05, 0) is 71.6 Å². The Hall–Kier alpha value is -3.31. The molecule has 1 saturated heterocycles. The molecule has 0 radical (unpaired) electrons. The second-order valence-electron chi connectivity index (χ2n) is 8.60. The van der Waals surface area contributed by atoms with Crippen LogP contribution in [0.15, 0.2) is 66.7 Å². The zero-order valence-corrected chi connectivity index (χ0v) is 19.4. The lowest BCUT2D eigenvalue weighted by Crippen LogP contribution is -2.48. The second kappa shape index (κ2) is 8.91. The van der Waals surface area contributed by atoms with Gasteiger partial charge < -0.3 is 14.7 Å². The van der Waals surface area contributed by atoms with Gasteiger partial charge in [0.1, 0.15) is 0 Å². The third-order valence-electron chi connectivity index (χ3n) is 6.58. The fraction of sp³-hybridized carbons (Fsp3) is 0.259. The number of fused-ring (bicyclic) bond motifs is 1. The summed E-state index contributed by atoms with van der Waals surface area (Å²) >= 11 is 5.99. The number of carbonyl (C=O) groups is 2. The normalized spacial score (nSPS) is 15.5. The number of carbonyl (C=O) groups excluding carboxylic acids is 2. The van der Waals surface area contributed by atoms with E-state index in [-0.39, 0.29) is 11.8 Å². The maximum Gasteiger partial charge on any atom is 0.253 e. The summed E-state index contributed by atoms with van der Waals surface area (Å²) in [5, 5.41) is 0.730. The number of hydrogen-bond acceptors (Lipinski definition) is 3. The molecule has 2 aliphatic heterocycles. The Morgan fingerprint density at radius 1 is 0.788 bits per heavy atom. The van der Waals surface area contributed by atoms with Crippen molar-refractivity contribution in [3.63, 3.8) is 0 Å². The molecule has 0 bridgehead atoms. The van der Waals surface area contributed by atoms with Crippen molar-refractivity contribution in [2.75, 3.05) is 42.5 Å². The lowest BCUT2D eigenvalue weighted by Gasteiger charge is -2.36. The molecule has 0 N–H and O–H groups in total. The molecule has 3 aromatic rings. The lowest BCUT2D eigenvalue weighted by atomic mass is 10.00. The van der Waals surface area contributed by atoms with Gasteiger partial charge >= 0.3 is 0 Å². The molecule has 0 saturated carbocycles. The van der Waals surface area contributed by atoms with Crippen LogP contribution in [0.25, 0.3) is 11.1 Å². The van der Waals surface area contributed by atoms with Crippen molar-refractivity contribution in [2.24, 2.45) is 0 Å². The Morgan fingerprint density at radius 3 is 2.12 bits per heavy atom. The number of nitrogens with zero attached hydrogens (tertiary/aromatic N) is 3. The molecule has 33 heavy (non-hydrogen) atoms. The molecule has 2 heterocycles. The van der Waals surface area contributed by atoms with Crippen LogP contribution in [0, 0.1) is 0 Å². The highest BCUT2D eigenvalue weighted by Gasteiger charge is 2.24. The highest BCUT2D eigenvalue weighted by molar-refractivity contribution is 6.30. The fourth-order valence-corrected chi connectivity index (χ4v) is 4.84. The van der Waals surface area contributed by atoms with Gasteiger partial charge in [0.2, 0.25) is 5.91 Å². The van der Waals surface area contributed by atoms with E-state index in [0.717, 1.165) is 53.6 Å². The third-order valence-corrected chi connectivity index (χ3v) is 6.83. The SMILES string of the molecule is CC(=O)N1CCc2cc(-c3ccc(C(=O)N4CCN(c5ccc(Cl)cc5)CC4)cc3)ccc21. The molecule has 5 nitrogen and oxygen atoms in total. The first-order chi connectivity index (χ1) is 16.0. The maximum atomic E-state index is 13.0. The molecule has 1 fully saturated rings. The highest BCUT2D eigenvalue weighted by atomic mass is 35.5. The van der Waals surface area contributed by atoms with Crippen LogP contribution in [0.1, 0.15) is 22.8 Å². The van der Waals surface area contributed by atoms with Crippen molar-refractivity contribution in [2.45, 2.75) is 13.3 Å². The molecule has 0 unspecified atom stereocenters. The number of benzene rings is 3. The Balaban J connectivity index is 1.24. The largest absolute Gasteiger partial charge is 0.368 e. The minimum absolute atomic E-state index is 0.0726. The van der Waals surface area contributed by atoms with Crippen LogP contribution in [0.3, 0.4) is 0 Å². The van der Waals surface area contributed by atoms with Crippen molar-refractivity contribution in [3.8, 4) is 11.1 Å². The first-order valence-electron chi connectivity index (χ1n) is 11.3. The van der Waals surface area contributed by atoms with Gasteiger partial charge in [-0.3, -0.25) is 9.59 Å². The Morgan fingerprint density at radius 2 is 1.45 bits per heavy atom. The summed E-state index contributed by atoms with van der Waals surface area (Å²) in [5.41, 5.74) is 6.23. The van der Waals surface area contributed by atoms with Crippen LogP contribution >= 0.6 is 11.6 Å². The van der Waals surface area contributed by atoms with E-state index in [4.69, 9.17) is 11.6 Å². The van der Waals surface area contributed by atoms with E-state index in [1.54, 1.807) is 6.92 Å². The van der Waals surface area contributed by atoms with E-state index in [0.29, 0.717) is 18.7 Å². The van der Waals surface area contributed by atoms with Gasteiger partial charge in [-0.25, -0.2) is 0 Å². The number of amides is 2. The van der Waals surface area contributed by atoms with E-state index in [1.807, 2.05) is 70.5 Å². The summed E-state index contributed by atoms with van der Waals surface area (Å²) in [4.78, 5) is 30.9. The van der Waals surface area contributed by atoms with Gasteiger partial charge in [0, 0.05) is 61.6 Å².